The third kappa shape index (κ3) is 3.88. The van der Waals surface area contributed by atoms with Gasteiger partial charge in [-0.2, -0.15) is 0 Å². The van der Waals surface area contributed by atoms with Gasteiger partial charge in [-0.25, -0.2) is 0 Å². The van der Waals surface area contributed by atoms with E-state index in [1.54, 1.807) is 6.20 Å². The summed E-state index contributed by atoms with van der Waals surface area (Å²) in [6, 6.07) is 2.10. The van der Waals surface area contributed by atoms with Crippen LogP contribution < -0.4 is 15.0 Å². The molecule has 1 aliphatic heterocycles. The molecule has 0 spiro atoms. The molecule has 4 nitrogen and oxygen atoms in total. The zero-order valence-electron chi connectivity index (χ0n) is 11.4. The molecule has 0 bridgehead atoms. The van der Waals surface area contributed by atoms with E-state index < -0.39 is 0 Å². The molecular weight excluding hydrogens is 226 g/mol. The summed E-state index contributed by atoms with van der Waals surface area (Å²) in [4.78, 5) is 6.65. The van der Waals surface area contributed by atoms with Crippen molar-refractivity contribution < 1.29 is 4.74 Å². The van der Waals surface area contributed by atoms with Gasteiger partial charge < -0.3 is 15.0 Å². The number of ether oxygens (including phenoxy) is 1. The molecule has 2 rings (SSSR count). The Morgan fingerprint density at radius 2 is 2.22 bits per heavy atom. The first-order valence-corrected chi connectivity index (χ1v) is 6.79. The molecular formula is C14H23N3O. The topological polar surface area (TPSA) is 37.4 Å². The van der Waals surface area contributed by atoms with Crippen LogP contribution in [0.5, 0.6) is 5.75 Å². The Kier molecular flexibility index (Phi) is 4.81. The Bertz CT molecular complexity index is 360. The van der Waals surface area contributed by atoms with Crippen molar-refractivity contribution >= 4 is 5.69 Å². The van der Waals surface area contributed by atoms with Gasteiger partial charge in [-0.1, -0.05) is 13.8 Å². The van der Waals surface area contributed by atoms with Crippen molar-refractivity contribution in [3.05, 3.63) is 18.5 Å². The Balaban J connectivity index is 2.01. The maximum Gasteiger partial charge on any atom is 0.139 e. The van der Waals surface area contributed by atoms with Gasteiger partial charge in [0.15, 0.2) is 0 Å². The molecule has 0 atom stereocenters. The number of rotatable bonds is 4. The van der Waals surface area contributed by atoms with Gasteiger partial charge in [-0.15, -0.1) is 0 Å². The summed E-state index contributed by atoms with van der Waals surface area (Å²) in [6.45, 7) is 9.31. The molecule has 1 aromatic heterocycles. The smallest absolute Gasteiger partial charge is 0.139 e. The first-order chi connectivity index (χ1) is 8.75. The average Bonchev–Trinajstić information content (AvgIpc) is 2.65. The van der Waals surface area contributed by atoms with E-state index in [1.807, 2.05) is 6.20 Å². The minimum absolute atomic E-state index is 0.538. The van der Waals surface area contributed by atoms with Gasteiger partial charge in [0.05, 0.1) is 24.7 Å². The zero-order chi connectivity index (χ0) is 12.8. The van der Waals surface area contributed by atoms with Crippen LogP contribution in [0.15, 0.2) is 18.5 Å². The standard InChI is InChI=1S/C14H23N3O/c1-12(2)11-18-14-8-13(9-16-10-14)17-6-3-4-15-5-7-17/h8-10,12,15H,3-7,11H2,1-2H3. The average molecular weight is 249 g/mol. The first-order valence-electron chi connectivity index (χ1n) is 6.79. The summed E-state index contributed by atoms with van der Waals surface area (Å²) >= 11 is 0. The molecule has 0 amide bonds. The van der Waals surface area contributed by atoms with E-state index in [4.69, 9.17) is 4.74 Å². The number of hydrogen-bond acceptors (Lipinski definition) is 4. The highest BCUT2D eigenvalue weighted by molar-refractivity contribution is 5.48. The SMILES string of the molecule is CC(C)COc1cncc(N2CCCNCC2)c1. The lowest BCUT2D eigenvalue weighted by molar-refractivity contribution is 0.270. The molecule has 0 unspecified atom stereocenters. The molecule has 1 fully saturated rings. The maximum absolute atomic E-state index is 5.73. The van der Waals surface area contributed by atoms with Gasteiger partial charge in [0.1, 0.15) is 5.75 Å². The van der Waals surface area contributed by atoms with Gasteiger partial charge >= 0.3 is 0 Å². The van der Waals surface area contributed by atoms with Crippen LogP contribution in [0, 0.1) is 5.92 Å². The van der Waals surface area contributed by atoms with Crippen molar-refractivity contribution in [2.24, 2.45) is 5.92 Å². The number of nitrogens with one attached hydrogen (secondary N) is 1. The van der Waals surface area contributed by atoms with Gasteiger partial charge in [0.25, 0.3) is 0 Å². The van der Waals surface area contributed by atoms with Crippen LogP contribution in [0.25, 0.3) is 0 Å². The summed E-state index contributed by atoms with van der Waals surface area (Å²) < 4.78 is 5.73. The molecule has 0 saturated carbocycles. The van der Waals surface area contributed by atoms with Crippen molar-refractivity contribution in [1.82, 2.24) is 10.3 Å². The van der Waals surface area contributed by atoms with Crippen molar-refractivity contribution in [3.63, 3.8) is 0 Å². The Labute approximate surface area is 109 Å². The predicted octanol–water partition coefficient (Wildman–Crippen LogP) is 1.92. The quantitative estimate of drug-likeness (QED) is 0.884. The largest absolute Gasteiger partial charge is 0.492 e. The van der Waals surface area contributed by atoms with Crippen LogP contribution in [0.1, 0.15) is 20.3 Å². The van der Waals surface area contributed by atoms with Gasteiger partial charge in [0.2, 0.25) is 0 Å². The fourth-order valence-electron chi connectivity index (χ4n) is 2.03. The zero-order valence-corrected chi connectivity index (χ0v) is 11.4. The molecule has 0 aliphatic carbocycles. The second-order valence-corrected chi connectivity index (χ2v) is 5.17. The highest BCUT2D eigenvalue weighted by Gasteiger charge is 2.10. The summed E-state index contributed by atoms with van der Waals surface area (Å²) in [5.41, 5.74) is 1.17. The van der Waals surface area contributed by atoms with Gasteiger partial charge in [0, 0.05) is 25.7 Å². The van der Waals surface area contributed by atoms with Crippen molar-refractivity contribution in [3.8, 4) is 5.75 Å². The summed E-state index contributed by atoms with van der Waals surface area (Å²) in [6.07, 6.45) is 4.90. The summed E-state index contributed by atoms with van der Waals surface area (Å²) in [5, 5.41) is 3.41. The third-order valence-corrected chi connectivity index (χ3v) is 2.99. The van der Waals surface area contributed by atoms with Crippen LogP contribution in [-0.4, -0.2) is 37.8 Å². The van der Waals surface area contributed by atoms with Crippen molar-refractivity contribution in [1.29, 1.82) is 0 Å². The second-order valence-electron chi connectivity index (χ2n) is 5.17. The van der Waals surface area contributed by atoms with Crippen LogP contribution in [0.4, 0.5) is 5.69 Å². The Morgan fingerprint density at radius 1 is 1.33 bits per heavy atom. The maximum atomic E-state index is 5.73. The fourth-order valence-corrected chi connectivity index (χ4v) is 2.03. The van der Waals surface area contributed by atoms with E-state index in [0.717, 1.165) is 38.5 Å². The number of hydrogen-bond donors (Lipinski definition) is 1. The van der Waals surface area contributed by atoms with Crippen molar-refractivity contribution in [2.45, 2.75) is 20.3 Å². The fraction of sp³-hybridized carbons (Fsp3) is 0.643. The van der Waals surface area contributed by atoms with Crippen LogP contribution >= 0.6 is 0 Å². The van der Waals surface area contributed by atoms with E-state index in [0.29, 0.717) is 5.92 Å². The first kappa shape index (κ1) is 13.1. The van der Waals surface area contributed by atoms with Crippen molar-refractivity contribution in [2.75, 3.05) is 37.7 Å². The molecule has 1 saturated heterocycles. The Hall–Kier alpha value is -1.29. The molecule has 2 heterocycles. The number of aromatic nitrogens is 1. The molecule has 1 aromatic rings. The monoisotopic (exact) mass is 249 g/mol. The molecule has 0 aromatic carbocycles. The van der Waals surface area contributed by atoms with E-state index >= 15 is 0 Å². The number of nitrogens with zero attached hydrogens (tertiary/aromatic N) is 2. The predicted molar refractivity (Wildman–Crippen MR) is 74.3 cm³/mol. The minimum Gasteiger partial charge on any atom is -0.492 e. The molecule has 100 valence electrons. The number of pyridine rings is 1. The van der Waals surface area contributed by atoms with E-state index in [-0.39, 0.29) is 0 Å². The van der Waals surface area contributed by atoms with Gasteiger partial charge in [-0.05, 0) is 18.9 Å². The third-order valence-electron chi connectivity index (χ3n) is 2.99. The highest BCUT2D eigenvalue weighted by atomic mass is 16.5. The van der Waals surface area contributed by atoms with Crippen LogP contribution in [0.3, 0.4) is 0 Å². The minimum atomic E-state index is 0.538. The van der Waals surface area contributed by atoms with E-state index in [2.05, 4.69) is 35.1 Å². The molecule has 18 heavy (non-hydrogen) atoms. The highest BCUT2D eigenvalue weighted by Crippen LogP contribution is 2.20. The lowest BCUT2D eigenvalue weighted by Crippen LogP contribution is -2.27. The van der Waals surface area contributed by atoms with E-state index in [9.17, 15) is 0 Å². The van der Waals surface area contributed by atoms with Crippen LogP contribution in [-0.2, 0) is 0 Å². The molecule has 4 heteroatoms. The summed E-state index contributed by atoms with van der Waals surface area (Å²) in [7, 11) is 0. The molecule has 1 N–H and O–H groups in total. The normalized spacial score (nSPS) is 16.7. The van der Waals surface area contributed by atoms with Gasteiger partial charge in [-0.3, -0.25) is 4.98 Å². The van der Waals surface area contributed by atoms with E-state index in [1.165, 1.54) is 12.1 Å². The second kappa shape index (κ2) is 6.59. The molecule has 1 aliphatic rings. The van der Waals surface area contributed by atoms with Crippen LogP contribution in [0.2, 0.25) is 0 Å². The lowest BCUT2D eigenvalue weighted by Gasteiger charge is -2.22. The Morgan fingerprint density at radius 3 is 3.06 bits per heavy atom. The number of anilines is 1. The lowest BCUT2D eigenvalue weighted by atomic mass is 10.2. The summed E-state index contributed by atoms with van der Waals surface area (Å²) in [5.74, 6) is 1.41. The molecule has 0 radical (unpaired) electrons.